The van der Waals surface area contributed by atoms with E-state index in [0.717, 1.165) is 12.3 Å². The molecule has 1 aliphatic heterocycles. The van der Waals surface area contributed by atoms with E-state index in [1.54, 1.807) is 32.0 Å². The summed E-state index contributed by atoms with van der Waals surface area (Å²) in [5.41, 5.74) is -1.02. The van der Waals surface area contributed by atoms with Gasteiger partial charge >= 0.3 is 25.3 Å². The van der Waals surface area contributed by atoms with Gasteiger partial charge in [-0.25, -0.2) is 9.36 Å². The van der Waals surface area contributed by atoms with Crippen molar-refractivity contribution in [3.8, 4) is 5.75 Å². The van der Waals surface area contributed by atoms with Crippen molar-refractivity contribution in [1.29, 1.82) is 0 Å². The second-order valence-corrected chi connectivity index (χ2v) is 12.3. The fourth-order valence-corrected chi connectivity index (χ4v) is 5.69. The number of alkyl halides is 2. The van der Waals surface area contributed by atoms with Crippen LogP contribution in [0.4, 0.5) is 14.6 Å². The van der Waals surface area contributed by atoms with E-state index in [9.17, 15) is 24.1 Å². The standard InChI is InChI=1S/C28H30ClF2N4O9P/c1-16(2)42-25(38)17(3)34-45(40,44-20-7-5-4-6-8-20)41-15-21-23(36)28(30,31)26(43-21)35-14-13-22(33-27(35)39)32-24(37)18-9-11-19(29)12-10-18/h4-14,16-17,21,23,26,36H,15H2,1-3H3,(H,34,40)(H,32,33,37,39)/t17-,21-,23-,26?,45?/m1/s1. The normalized spacial score (nSPS) is 21.1. The van der Waals surface area contributed by atoms with E-state index in [-0.39, 0.29) is 17.1 Å². The van der Waals surface area contributed by atoms with Gasteiger partial charge in [0.1, 0.15) is 23.7 Å². The number of nitrogens with one attached hydrogen (secondary N) is 2. The van der Waals surface area contributed by atoms with Crippen LogP contribution < -0.4 is 20.6 Å². The van der Waals surface area contributed by atoms with Crippen molar-refractivity contribution in [3.05, 3.63) is 87.9 Å². The molecule has 0 radical (unpaired) electrons. The van der Waals surface area contributed by atoms with Crippen molar-refractivity contribution in [3.63, 3.8) is 0 Å². The highest BCUT2D eigenvalue weighted by molar-refractivity contribution is 7.52. The van der Waals surface area contributed by atoms with Crippen molar-refractivity contribution in [2.24, 2.45) is 0 Å². The van der Waals surface area contributed by atoms with E-state index in [0.29, 0.717) is 9.59 Å². The van der Waals surface area contributed by atoms with Crippen LogP contribution >= 0.6 is 19.3 Å². The molecule has 1 saturated heterocycles. The highest BCUT2D eigenvalue weighted by atomic mass is 35.5. The zero-order valence-electron chi connectivity index (χ0n) is 24.1. The van der Waals surface area contributed by atoms with Crippen molar-refractivity contribution in [2.75, 3.05) is 11.9 Å². The van der Waals surface area contributed by atoms with Gasteiger partial charge in [0.15, 0.2) is 6.10 Å². The Labute approximate surface area is 261 Å². The van der Waals surface area contributed by atoms with Gasteiger partial charge in [-0.3, -0.25) is 18.7 Å². The third-order valence-electron chi connectivity index (χ3n) is 6.24. The highest BCUT2D eigenvalue weighted by Gasteiger charge is 2.60. The molecule has 3 aromatic rings. The van der Waals surface area contributed by atoms with Gasteiger partial charge in [-0.2, -0.15) is 18.9 Å². The number of halogens is 3. The predicted molar refractivity (Wildman–Crippen MR) is 157 cm³/mol. The summed E-state index contributed by atoms with van der Waals surface area (Å²) < 4.78 is 65.8. The van der Waals surface area contributed by atoms with Crippen molar-refractivity contribution < 1.29 is 46.6 Å². The zero-order valence-corrected chi connectivity index (χ0v) is 25.8. The first-order chi connectivity index (χ1) is 21.2. The van der Waals surface area contributed by atoms with Crippen molar-refractivity contribution in [1.82, 2.24) is 14.6 Å². The molecule has 0 spiro atoms. The van der Waals surface area contributed by atoms with Gasteiger partial charge in [-0.05, 0) is 63.2 Å². The number of carbonyl (C=O) groups is 2. The van der Waals surface area contributed by atoms with Crippen molar-refractivity contribution >= 4 is 37.0 Å². The Kier molecular flexibility index (Phi) is 10.7. The number of aromatic nitrogens is 2. The number of esters is 1. The number of amides is 1. The summed E-state index contributed by atoms with van der Waals surface area (Å²) in [5.74, 6) is -5.62. The molecular formula is C28H30ClF2N4O9P. The van der Waals surface area contributed by atoms with E-state index < -0.39 is 68.4 Å². The second kappa shape index (κ2) is 14.1. The number of carbonyl (C=O) groups excluding carboxylic acids is 2. The molecule has 45 heavy (non-hydrogen) atoms. The molecule has 2 unspecified atom stereocenters. The molecule has 4 rings (SSSR count). The quantitative estimate of drug-likeness (QED) is 0.187. The molecular weight excluding hydrogens is 641 g/mol. The maximum atomic E-state index is 15.2. The lowest BCUT2D eigenvalue weighted by Gasteiger charge is -2.25. The summed E-state index contributed by atoms with van der Waals surface area (Å²) in [4.78, 5) is 41.1. The molecule has 1 amide bonds. The van der Waals surface area contributed by atoms with Gasteiger partial charge in [0.05, 0.1) is 12.7 Å². The average molecular weight is 671 g/mol. The summed E-state index contributed by atoms with van der Waals surface area (Å²) in [7, 11) is -4.48. The first kappa shape index (κ1) is 34.2. The van der Waals surface area contributed by atoms with Crippen LogP contribution in [0, 0.1) is 0 Å². The molecule has 5 atom stereocenters. The van der Waals surface area contributed by atoms with Crippen LogP contribution in [0.2, 0.25) is 5.02 Å². The Morgan fingerprint density at radius 3 is 2.42 bits per heavy atom. The summed E-state index contributed by atoms with van der Waals surface area (Å²) >= 11 is 5.81. The molecule has 0 bridgehead atoms. The van der Waals surface area contributed by atoms with Crippen LogP contribution in [0.5, 0.6) is 5.75 Å². The second-order valence-electron chi connectivity index (χ2n) is 10.1. The molecule has 13 nitrogen and oxygen atoms in total. The van der Waals surface area contributed by atoms with Gasteiger partial charge in [0.25, 0.3) is 5.91 Å². The molecule has 17 heteroatoms. The van der Waals surface area contributed by atoms with E-state index in [4.69, 9.17) is 30.1 Å². The van der Waals surface area contributed by atoms with Crippen LogP contribution in [0.1, 0.15) is 37.4 Å². The molecule has 2 aromatic carbocycles. The fourth-order valence-electron chi connectivity index (χ4n) is 4.06. The van der Waals surface area contributed by atoms with Gasteiger partial charge in [0.2, 0.25) is 6.23 Å². The molecule has 1 aliphatic rings. The SMILES string of the molecule is CC(C)OC(=O)[C@@H](C)NP(=O)(OC[C@H]1OC(n2ccc(NC(=O)c3ccc(Cl)cc3)nc2=O)C(F)(F)[C@@H]1O)Oc1ccccc1. The monoisotopic (exact) mass is 670 g/mol. The minimum absolute atomic E-state index is 0.0646. The topological polar surface area (TPSA) is 167 Å². The number of rotatable bonds is 12. The van der Waals surface area contributed by atoms with E-state index in [2.05, 4.69) is 15.4 Å². The smallest absolute Gasteiger partial charge is 0.459 e. The maximum Gasteiger partial charge on any atom is 0.459 e. The summed E-state index contributed by atoms with van der Waals surface area (Å²) in [6.07, 6.45) is -6.25. The minimum Gasteiger partial charge on any atom is -0.462 e. The summed E-state index contributed by atoms with van der Waals surface area (Å²) in [6, 6.07) is 13.4. The van der Waals surface area contributed by atoms with Gasteiger partial charge in [0, 0.05) is 16.8 Å². The Balaban J connectivity index is 1.48. The number of ether oxygens (including phenoxy) is 2. The zero-order chi connectivity index (χ0) is 32.9. The van der Waals surface area contributed by atoms with Crippen LogP contribution in [-0.2, 0) is 23.4 Å². The van der Waals surface area contributed by atoms with Crippen LogP contribution in [-0.4, -0.2) is 63.4 Å². The fraction of sp³-hybridized carbons (Fsp3) is 0.357. The van der Waals surface area contributed by atoms with Gasteiger partial charge in [-0.1, -0.05) is 29.8 Å². The lowest BCUT2D eigenvalue weighted by Crippen LogP contribution is -2.42. The first-order valence-electron chi connectivity index (χ1n) is 13.5. The van der Waals surface area contributed by atoms with E-state index >= 15 is 8.78 Å². The van der Waals surface area contributed by atoms with Gasteiger partial charge in [-0.15, -0.1) is 0 Å². The highest BCUT2D eigenvalue weighted by Crippen LogP contribution is 2.48. The Morgan fingerprint density at radius 1 is 1.13 bits per heavy atom. The third kappa shape index (κ3) is 8.51. The molecule has 1 aromatic heterocycles. The minimum atomic E-state index is -4.48. The number of anilines is 1. The van der Waals surface area contributed by atoms with Crippen molar-refractivity contribution in [2.45, 2.75) is 57.3 Å². The van der Waals surface area contributed by atoms with Crippen LogP contribution in [0.3, 0.4) is 0 Å². The maximum absolute atomic E-state index is 15.2. The lowest BCUT2D eigenvalue weighted by molar-refractivity contribution is -0.149. The number of para-hydroxylation sites is 1. The molecule has 242 valence electrons. The summed E-state index contributed by atoms with van der Waals surface area (Å²) in [5, 5.41) is 15.6. The largest absolute Gasteiger partial charge is 0.462 e. The number of aliphatic hydroxyl groups excluding tert-OH is 1. The van der Waals surface area contributed by atoms with Gasteiger partial charge < -0.3 is 24.4 Å². The number of aliphatic hydroxyl groups is 1. The number of hydrogen-bond donors (Lipinski definition) is 3. The first-order valence-corrected chi connectivity index (χ1v) is 15.5. The average Bonchev–Trinajstić information content (AvgIpc) is 3.20. The molecule has 0 saturated carbocycles. The third-order valence-corrected chi connectivity index (χ3v) is 8.14. The van der Waals surface area contributed by atoms with Crippen LogP contribution in [0.15, 0.2) is 71.7 Å². The molecule has 3 N–H and O–H groups in total. The Hall–Kier alpha value is -3.72. The predicted octanol–water partition coefficient (Wildman–Crippen LogP) is 4.18. The summed E-state index contributed by atoms with van der Waals surface area (Å²) in [6.45, 7) is 3.65. The number of nitrogens with zero attached hydrogens (tertiary/aromatic N) is 2. The Bertz CT molecular complexity index is 1610. The molecule has 1 fully saturated rings. The molecule has 0 aliphatic carbocycles. The van der Waals surface area contributed by atoms with E-state index in [1.165, 1.54) is 43.3 Å². The molecule has 2 heterocycles. The van der Waals surface area contributed by atoms with Crippen LogP contribution in [0.25, 0.3) is 0 Å². The van der Waals surface area contributed by atoms with E-state index in [1.807, 2.05) is 0 Å². The lowest BCUT2D eigenvalue weighted by atomic mass is 10.1. The number of hydrogen-bond acceptors (Lipinski definition) is 10. The Morgan fingerprint density at radius 2 is 1.80 bits per heavy atom. The number of benzene rings is 2.